The average Bonchev–Trinajstić information content (AvgIpc) is 3.72. The number of anilines is 1. The lowest BCUT2D eigenvalue weighted by Gasteiger charge is -2.49. The van der Waals surface area contributed by atoms with Crippen molar-refractivity contribution in [3.8, 4) is 22.1 Å². The molecule has 2 N–H and O–H groups in total. The summed E-state index contributed by atoms with van der Waals surface area (Å²) in [4.78, 5) is 57.4. The van der Waals surface area contributed by atoms with Gasteiger partial charge in [0, 0.05) is 28.8 Å². The van der Waals surface area contributed by atoms with Gasteiger partial charge >= 0.3 is 0 Å². The van der Waals surface area contributed by atoms with Crippen molar-refractivity contribution in [2.75, 3.05) is 12.0 Å². The molecule has 2 aromatic carbocycles. The van der Waals surface area contributed by atoms with Crippen LogP contribution in [0.5, 0.6) is 11.5 Å². The van der Waals surface area contributed by atoms with Crippen LogP contribution < -0.4 is 15.0 Å². The maximum atomic E-state index is 14.8. The summed E-state index contributed by atoms with van der Waals surface area (Å²) in [5, 5.41) is 19.7. The predicted octanol–water partition coefficient (Wildman–Crippen LogP) is 5.50. The molecule has 3 fully saturated rings. The molecule has 6 atom stereocenters. The molecule has 0 radical (unpaired) electrons. The van der Waals surface area contributed by atoms with Crippen LogP contribution >= 0.6 is 22.9 Å². The van der Waals surface area contributed by atoms with Gasteiger partial charge in [0.2, 0.25) is 23.6 Å². The minimum atomic E-state index is -1.25. The fourth-order valence-electron chi connectivity index (χ4n) is 8.63. The molecule has 4 heterocycles. The smallest absolute Gasteiger partial charge is 0.242 e. The van der Waals surface area contributed by atoms with Gasteiger partial charge in [-0.15, -0.1) is 11.3 Å². The molecule has 240 valence electrons. The molecule has 47 heavy (non-hydrogen) atoms. The van der Waals surface area contributed by atoms with E-state index in [0.29, 0.717) is 28.5 Å². The van der Waals surface area contributed by atoms with Gasteiger partial charge in [-0.05, 0) is 79.5 Å². The number of benzene rings is 2. The Labute approximate surface area is 278 Å². The Morgan fingerprint density at radius 3 is 2.62 bits per heavy atom. The number of carbonyl (C=O) groups is 4. The summed E-state index contributed by atoms with van der Waals surface area (Å²) in [6, 6.07) is 12.5. The Hall–Kier alpha value is -4.48. The van der Waals surface area contributed by atoms with Crippen molar-refractivity contribution in [1.29, 1.82) is 0 Å². The molecule has 6 unspecified atom stereocenters. The Morgan fingerprint density at radius 2 is 1.87 bits per heavy atom. The highest BCUT2D eigenvalue weighted by Gasteiger charge is 2.67. The fourth-order valence-corrected chi connectivity index (χ4v) is 9.94. The van der Waals surface area contributed by atoms with Gasteiger partial charge in [0.1, 0.15) is 11.5 Å². The van der Waals surface area contributed by atoms with E-state index in [1.165, 1.54) is 12.0 Å². The van der Waals surface area contributed by atoms with E-state index < -0.39 is 35.0 Å². The van der Waals surface area contributed by atoms with Gasteiger partial charge in [-0.2, -0.15) is 5.10 Å². The largest absolute Gasteiger partial charge is 0.504 e. The lowest BCUT2D eigenvalue weighted by atomic mass is 9.51. The molecule has 10 nitrogen and oxygen atoms in total. The first-order valence-electron chi connectivity index (χ1n) is 15.5. The van der Waals surface area contributed by atoms with Crippen LogP contribution in [-0.4, -0.2) is 45.6 Å². The molecule has 2 aromatic heterocycles. The maximum Gasteiger partial charge on any atom is 0.242 e. The van der Waals surface area contributed by atoms with Gasteiger partial charge in [0.05, 0.1) is 35.2 Å². The number of hydrogen-bond acceptors (Lipinski definition) is 8. The van der Waals surface area contributed by atoms with Crippen LogP contribution in [0.1, 0.15) is 36.8 Å². The van der Waals surface area contributed by atoms with E-state index in [0.717, 1.165) is 26.1 Å². The number of allylic oxidation sites excluding steroid dienone is 2. The van der Waals surface area contributed by atoms with E-state index in [1.807, 2.05) is 38.1 Å². The van der Waals surface area contributed by atoms with Crippen molar-refractivity contribution in [2.45, 2.75) is 32.6 Å². The highest BCUT2D eigenvalue weighted by molar-refractivity contribution is 7.22. The van der Waals surface area contributed by atoms with Gasteiger partial charge in [-0.25, -0.2) is 4.90 Å². The van der Waals surface area contributed by atoms with Crippen LogP contribution in [0.2, 0.25) is 5.02 Å². The minimum Gasteiger partial charge on any atom is -0.504 e. The van der Waals surface area contributed by atoms with Gasteiger partial charge in [-0.1, -0.05) is 29.3 Å². The second kappa shape index (κ2) is 10.3. The Balaban J connectivity index is 1.26. The molecule has 4 amide bonds. The molecular formula is C35H31ClN4O6S. The number of aromatic nitrogens is 2. The number of methoxy groups -OCH3 is 1. The molecule has 1 saturated carbocycles. The second-order valence-electron chi connectivity index (χ2n) is 13.2. The number of phenolic OH excluding ortho intramolecular Hbond substituents is 1. The fraction of sp³-hybridized carbons (Fsp3) is 0.343. The summed E-state index contributed by atoms with van der Waals surface area (Å²) in [5.41, 5.74) is 1.86. The molecule has 0 bridgehead atoms. The zero-order chi connectivity index (χ0) is 33.1. The van der Waals surface area contributed by atoms with Crippen LogP contribution in [0, 0.1) is 36.0 Å². The maximum absolute atomic E-state index is 14.8. The third kappa shape index (κ3) is 4.05. The standard InChI is InChI=1S/C35H31ClN4O6S/c1-15-20-12-17(36)6-10-26(20)47-30(15)23-14-27(39(3)38-23)40-33(44)22-13-21-18(7-8-19-28(21)32(43)37-31(19)42)29(35(22,2)34(40)45)16-5-9-25(46-4)24(41)11-16/h5-7,9-12,14,19,21-22,28-29,41H,8,13H2,1-4H3,(H,37,42,43). The van der Waals surface area contributed by atoms with E-state index >= 15 is 0 Å². The van der Waals surface area contributed by atoms with Crippen molar-refractivity contribution in [2.24, 2.45) is 36.1 Å². The minimum absolute atomic E-state index is 0.0970. The molecule has 2 aliphatic heterocycles. The second-order valence-corrected chi connectivity index (χ2v) is 14.6. The molecule has 2 aliphatic carbocycles. The lowest BCUT2D eigenvalue weighted by Crippen LogP contribution is -2.48. The number of fused-ring (bicyclic) bond motifs is 5. The number of ether oxygens (including phenoxy) is 1. The van der Waals surface area contributed by atoms with Gasteiger partial charge in [0.25, 0.3) is 0 Å². The predicted molar refractivity (Wildman–Crippen MR) is 176 cm³/mol. The first-order valence-corrected chi connectivity index (χ1v) is 16.7. The van der Waals surface area contributed by atoms with Crippen LogP contribution in [0.4, 0.5) is 5.82 Å². The SMILES string of the molecule is COc1ccc(C2C3=CCC4C(=O)NC(=O)C4C3CC3C(=O)N(c4cc(-c5sc6ccc(Cl)cc6c5C)nn4C)C(=O)C32C)cc1O. The number of thiophene rings is 1. The average molecular weight is 671 g/mol. The molecule has 8 rings (SSSR count). The van der Waals surface area contributed by atoms with Crippen LogP contribution in [0.25, 0.3) is 20.7 Å². The number of rotatable bonds is 4. The van der Waals surface area contributed by atoms with E-state index in [9.17, 15) is 24.3 Å². The third-order valence-corrected chi connectivity index (χ3v) is 12.4. The van der Waals surface area contributed by atoms with Crippen molar-refractivity contribution in [1.82, 2.24) is 15.1 Å². The number of carbonyl (C=O) groups excluding carboxylic acids is 4. The number of nitrogens with zero attached hydrogens (tertiary/aromatic N) is 3. The Kier molecular flexibility index (Phi) is 6.52. The number of aromatic hydroxyl groups is 1. The summed E-state index contributed by atoms with van der Waals surface area (Å²) in [6.07, 6.45) is 2.56. The zero-order valence-electron chi connectivity index (χ0n) is 26.0. The number of nitrogens with one attached hydrogen (secondary N) is 1. The van der Waals surface area contributed by atoms with Crippen LogP contribution in [-0.2, 0) is 26.2 Å². The molecule has 4 aliphatic rings. The highest BCUT2D eigenvalue weighted by atomic mass is 35.5. The quantitative estimate of drug-likeness (QED) is 0.217. The highest BCUT2D eigenvalue weighted by Crippen LogP contribution is 2.63. The third-order valence-electron chi connectivity index (χ3n) is 10.9. The lowest BCUT2D eigenvalue weighted by molar-refractivity contribution is -0.131. The molecular weight excluding hydrogens is 640 g/mol. The monoisotopic (exact) mass is 670 g/mol. The van der Waals surface area contributed by atoms with Gasteiger partial charge in [0.15, 0.2) is 11.5 Å². The topological polar surface area (TPSA) is 131 Å². The summed E-state index contributed by atoms with van der Waals surface area (Å²) in [6.45, 7) is 3.81. The molecule has 2 saturated heterocycles. The van der Waals surface area contributed by atoms with E-state index in [4.69, 9.17) is 21.4 Å². The van der Waals surface area contributed by atoms with E-state index in [-0.39, 0.29) is 41.5 Å². The first kappa shape index (κ1) is 29.9. The number of phenols is 1. The number of hydrogen-bond donors (Lipinski definition) is 2. The van der Waals surface area contributed by atoms with Crippen molar-refractivity contribution >= 4 is 62.5 Å². The van der Waals surface area contributed by atoms with Crippen molar-refractivity contribution < 1.29 is 29.0 Å². The number of amides is 4. The summed E-state index contributed by atoms with van der Waals surface area (Å²) in [5.74, 6) is -3.90. The zero-order valence-corrected chi connectivity index (χ0v) is 27.6. The number of imide groups is 2. The number of halogens is 1. The summed E-state index contributed by atoms with van der Waals surface area (Å²) >= 11 is 7.84. The Bertz CT molecular complexity index is 2120. The van der Waals surface area contributed by atoms with Crippen molar-refractivity contribution in [3.63, 3.8) is 0 Å². The van der Waals surface area contributed by atoms with E-state index in [1.54, 1.807) is 47.3 Å². The molecule has 0 spiro atoms. The molecule has 4 aromatic rings. The summed E-state index contributed by atoms with van der Waals surface area (Å²) < 4.78 is 7.90. The van der Waals surface area contributed by atoms with E-state index in [2.05, 4.69) is 5.32 Å². The Morgan fingerprint density at radius 1 is 1.09 bits per heavy atom. The normalized spacial score (nSPS) is 28.3. The first-order chi connectivity index (χ1) is 22.4. The van der Waals surface area contributed by atoms with Crippen LogP contribution in [0.3, 0.4) is 0 Å². The van der Waals surface area contributed by atoms with Gasteiger partial charge < -0.3 is 9.84 Å². The van der Waals surface area contributed by atoms with Gasteiger partial charge in [-0.3, -0.25) is 29.2 Å². The molecule has 12 heteroatoms. The summed E-state index contributed by atoms with van der Waals surface area (Å²) in [7, 11) is 3.17. The van der Waals surface area contributed by atoms with Crippen LogP contribution in [0.15, 0.2) is 54.1 Å². The van der Waals surface area contributed by atoms with Crippen molar-refractivity contribution in [3.05, 3.63) is 70.3 Å². The number of aryl methyl sites for hydroxylation is 2.